The molecule has 0 aromatic heterocycles. The monoisotopic (exact) mass is 508 g/mol. The lowest BCUT2D eigenvalue weighted by molar-refractivity contribution is -0.422. The first-order chi connectivity index (χ1) is 16.5. The van der Waals surface area contributed by atoms with Crippen LogP contribution in [0.25, 0.3) is 0 Å². The molecule has 1 aromatic carbocycles. The van der Waals surface area contributed by atoms with Crippen LogP contribution in [0.4, 0.5) is 11.4 Å². The highest BCUT2D eigenvalue weighted by Gasteiger charge is 2.51. The van der Waals surface area contributed by atoms with Crippen molar-refractivity contribution in [2.24, 2.45) is 0 Å². The molecule has 35 heavy (non-hydrogen) atoms. The van der Waals surface area contributed by atoms with E-state index < -0.39 is 95.8 Å². The highest BCUT2D eigenvalue weighted by atomic mass is 16.7. The number of hydrogen-bond acceptors (Lipinski definition) is 15. The van der Waals surface area contributed by atoms with Crippen LogP contribution in [0.3, 0.4) is 0 Å². The van der Waals surface area contributed by atoms with E-state index in [0.717, 1.165) is 12.1 Å². The lowest BCUT2D eigenvalue weighted by Gasteiger charge is -2.45. The number of benzene rings is 1. The normalized spacial score (nSPS) is 37.6. The highest BCUT2D eigenvalue weighted by Crippen LogP contribution is 2.34. The first kappa shape index (κ1) is 27.0. The maximum absolute atomic E-state index is 11.1. The fourth-order valence-electron chi connectivity index (χ4n) is 3.66. The third-order valence-electron chi connectivity index (χ3n) is 5.55. The first-order valence-electron chi connectivity index (χ1n) is 10.2. The molecule has 2 saturated heterocycles. The second-order valence-electron chi connectivity index (χ2n) is 7.79. The van der Waals surface area contributed by atoms with Gasteiger partial charge in [-0.05, 0) is 6.07 Å². The Morgan fingerprint density at radius 3 is 1.91 bits per heavy atom. The molecule has 8 unspecified atom stereocenters. The standard InChI is InChI=1S/C18H24N2O15/c21-4-9-11(23)12(24)14(26)18(33-9)35-16-10(5-22)34-17(15(27)13(16)25)32-6-1-2-7(19(28)29)8(3-6)20(30)31/h1-3,9-18,21-27H,4-5H2/t9?,10?,11?,12?,13?,14?,15?,16-,17?,18+/m1/s1. The number of nitrogens with zero attached hydrogens (tertiary/aromatic N) is 2. The van der Waals surface area contributed by atoms with Crippen LogP contribution in [0, 0.1) is 20.2 Å². The van der Waals surface area contributed by atoms with Crippen molar-refractivity contribution in [1.29, 1.82) is 0 Å². The lowest BCUT2D eigenvalue weighted by atomic mass is 9.97. The molecule has 2 aliphatic heterocycles. The van der Waals surface area contributed by atoms with Gasteiger partial charge in [0.25, 0.3) is 0 Å². The number of ether oxygens (including phenoxy) is 4. The lowest BCUT2D eigenvalue weighted by Crippen LogP contribution is -2.65. The summed E-state index contributed by atoms with van der Waals surface area (Å²) >= 11 is 0. The zero-order valence-electron chi connectivity index (χ0n) is 17.7. The SMILES string of the molecule is O=[N+]([O-])c1ccc(OC2OC(CO)[C@@H](O[C@@H]3OC(CO)C(O)C(O)C3O)C(O)C2O)cc1[N+](=O)[O-]. The summed E-state index contributed by atoms with van der Waals surface area (Å²) in [7, 11) is 0. The van der Waals surface area contributed by atoms with Crippen LogP contribution in [0.1, 0.15) is 0 Å². The number of rotatable bonds is 8. The van der Waals surface area contributed by atoms with E-state index in [2.05, 4.69) is 0 Å². The Kier molecular flexibility index (Phi) is 8.49. The Balaban J connectivity index is 1.76. The molecule has 3 rings (SSSR count). The Morgan fingerprint density at radius 1 is 0.771 bits per heavy atom. The summed E-state index contributed by atoms with van der Waals surface area (Å²) in [6, 6.07) is 2.51. The number of aliphatic hydroxyl groups excluding tert-OH is 7. The van der Waals surface area contributed by atoms with E-state index >= 15 is 0 Å². The van der Waals surface area contributed by atoms with Crippen molar-refractivity contribution in [3.05, 3.63) is 38.4 Å². The molecule has 17 nitrogen and oxygen atoms in total. The van der Waals surface area contributed by atoms with E-state index in [1.54, 1.807) is 0 Å². The predicted octanol–water partition coefficient (Wildman–Crippen LogP) is -3.49. The molecule has 0 saturated carbocycles. The highest BCUT2D eigenvalue weighted by molar-refractivity contribution is 5.55. The Labute approximate surface area is 195 Å². The van der Waals surface area contributed by atoms with Crippen LogP contribution >= 0.6 is 0 Å². The van der Waals surface area contributed by atoms with E-state index in [0.29, 0.717) is 6.07 Å². The van der Waals surface area contributed by atoms with Crippen LogP contribution < -0.4 is 4.74 Å². The van der Waals surface area contributed by atoms with Crippen molar-refractivity contribution < 1.29 is 64.5 Å². The van der Waals surface area contributed by atoms with Gasteiger partial charge in [0.15, 0.2) is 6.29 Å². The molecule has 0 spiro atoms. The van der Waals surface area contributed by atoms with Crippen molar-refractivity contribution in [3.63, 3.8) is 0 Å². The molecule has 0 radical (unpaired) electrons. The molecule has 1 aromatic rings. The second kappa shape index (κ2) is 11.0. The van der Waals surface area contributed by atoms with Gasteiger partial charge in [0, 0.05) is 6.07 Å². The Hall–Kier alpha value is -2.58. The summed E-state index contributed by atoms with van der Waals surface area (Å²) in [6.07, 6.45) is -16.9. The van der Waals surface area contributed by atoms with Crippen molar-refractivity contribution in [2.45, 2.75) is 61.4 Å². The largest absolute Gasteiger partial charge is 0.462 e. The molecular formula is C18H24N2O15. The van der Waals surface area contributed by atoms with Crippen LogP contribution in [0.2, 0.25) is 0 Å². The Morgan fingerprint density at radius 2 is 1.34 bits per heavy atom. The van der Waals surface area contributed by atoms with Gasteiger partial charge in [-0.2, -0.15) is 0 Å². The summed E-state index contributed by atoms with van der Waals surface area (Å²) in [5.74, 6) is -0.330. The molecular weight excluding hydrogens is 484 g/mol. The van der Waals surface area contributed by atoms with E-state index in [1.165, 1.54) is 0 Å². The van der Waals surface area contributed by atoms with Crippen LogP contribution in [0.15, 0.2) is 18.2 Å². The molecule has 10 atom stereocenters. The number of hydrogen-bond donors (Lipinski definition) is 7. The van der Waals surface area contributed by atoms with Gasteiger partial charge in [-0.3, -0.25) is 20.2 Å². The van der Waals surface area contributed by atoms with Crippen molar-refractivity contribution in [3.8, 4) is 5.75 Å². The molecule has 0 aliphatic carbocycles. The smallest absolute Gasteiger partial charge is 0.349 e. The predicted molar refractivity (Wildman–Crippen MR) is 107 cm³/mol. The maximum atomic E-state index is 11.1. The van der Waals surface area contributed by atoms with E-state index in [4.69, 9.17) is 18.9 Å². The maximum Gasteiger partial charge on any atom is 0.349 e. The van der Waals surface area contributed by atoms with Gasteiger partial charge in [-0.25, -0.2) is 0 Å². The third kappa shape index (κ3) is 5.48. The Bertz CT molecular complexity index is 914. The van der Waals surface area contributed by atoms with Gasteiger partial charge < -0.3 is 54.7 Å². The first-order valence-corrected chi connectivity index (χ1v) is 10.2. The molecule has 7 N–H and O–H groups in total. The summed E-state index contributed by atoms with van der Waals surface area (Å²) in [5, 5.41) is 91.9. The van der Waals surface area contributed by atoms with Gasteiger partial charge in [-0.15, -0.1) is 0 Å². The number of nitro groups is 2. The van der Waals surface area contributed by atoms with E-state index in [9.17, 15) is 56.0 Å². The molecule has 0 amide bonds. The minimum atomic E-state index is -1.90. The third-order valence-corrected chi connectivity index (χ3v) is 5.55. The van der Waals surface area contributed by atoms with Crippen LogP contribution in [0.5, 0.6) is 5.75 Å². The number of aliphatic hydroxyl groups is 7. The summed E-state index contributed by atoms with van der Waals surface area (Å²) < 4.78 is 21.3. The average Bonchev–Trinajstić information content (AvgIpc) is 2.83. The number of nitro benzene ring substituents is 2. The molecule has 17 heteroatoms. The van der Waals surface area contributed by atoms with Gasteiger partial charge in [0.05, 0.1) is 29.1 Å². The van der Waals surface area contributed by atoms with Crippen molar-refractivity contribution in [2.75, 3.05) is 13.2 Å². The van der Waals surface area contributed by atoms with Crippen LogP contribution in [-0.4, -0.2) is 120 Å². The molecule has 2 heterocycles. The molecule has 0 bridgehead atoms. The van der Waals surface area contributed by atoms with Gasteiger partial charge in [-0.1, -0.05) is 0 Å². The minimum Gasteiger partial charge on any atom is -0.462 e. The quantitative estimate of drug-likeness (QED) is 0.133. The average molecular weight is 508 g/mol. The zero-order chi connectivity index (χ0) is 26.0. The molecule has 196 valence electrons. The second-order valence-corrected chi connectivity index (χ2v) is 7.79. The summed E-state index contributed by atoms with van der Waals surface area (Å²) in [4.78, 5) is 20.1. The molecule has 2 aliphatic rings. The summed E-state index contributed by atoms with van der Waals surface area (Å²) in [6.45, 7) is -1.58. The minimum absolute atomic E-state index is 0.330. The van der Waals surface area contributed by atoms with Gasteiger partial charge >= 0.3 is 11.4 Å². The van der Waals surface area contributed by atoms with Gasteiger partial charge in [0.2, 0.25) is 6.29 Å². The van der Waals surface area contributed by atoms with E-state index in [1.807, 2.05) is 0 Å². The fourth-order valence-corrected chi connectivity index (χ4v) is 3.66. The summed E-state index contributed by atoms with van der Waals surface area (Å²) in [5.41, 5.74) is -1.71. The molecule has 2 fully saturated rings. The van der Waals surface area contributed by atoms with Gasteiger partial charge in [0.1, 0.15) is 54.6 Å². The van der Waals surface area contributed by atoms with Crippen molar-refractivity contribution in [1.82, 2.24) is 0 Å². The fraction of sp³-hybridized carbons (Fsp3) is 0.667. The topological polar surface area (TPSA) is 265 Å². The van der Waals surface area contributed by atoms with Crippen LogP contribution in [-0.2, 0) is 14.2 Å². The van der Waals surface area contributed by atoms with E-state index in [-0.39, 0.29) is 5.75 Å². The zero-order valence-corrected chi connectivity index (χ0v) is 17.7. The van der Waals surface area contributed by atoms with Crippen molar-refractivity contribution >= 4 is 11.4 Å².